The van der Waals surface area contributed by atoms with Gasteiger partial charge in [-0.2, -0.15) is 0 Å². The molecule has 0 fully saturated rings. The van der Waals surface area contributed by atoms with Gasteiger partial charge in [-0.05, 0) is 42.0 Å². The van der Waals surface area contributed by atoms with Crippen LogP contribution in [-0.4, -0.2) is 19.3 Å². The number of thiocarbonyl (C=S) groups is 1. The Morgan fingerprint density at radius 2 is 1.83 bits per heavy atom. The van der Waals surface area contributed by atoms with Crippen LogP contribution in [0.25, 0.3) is 0 Å². The van der Waals surface area contributed by atoms with Gasteiger partial charge in [0.1, 0.15) is 0 Å². The van der Waals surface area contributed by atoms with E-state index >= 15 is 0 Å². The van der Waals surface area contributed by atoms with Crippen LogP contribution in [-0.2, 0) is 6.54 Å². The van der Waals surface area contributed by atoms with Gasteiger partial charge >= 0.3 is 0 Å². The fourth-order valence-electron chi connectivity index (χ4n) is 1.94. The fourth-order valence-corrected chi connectivity index (χ4v) is 2.47. The molecule has 122 valence electrons. The zero-order valence-electron chi connectivity index (χ0n) is 12.7. The molecule has 0 saturated carbocycles. The number of methoxy groups -OCH3 is 2. The number of rotatable bonds is 5. The second kappa shape index (κ2) is 8.24. The standard InChI is InChI=1S/C16H16Cl2N2O2S/c1-21-13-7-6-10(8-14(13)22-2)9-19-16(23)20-12-5-3-4-11(17)15(12)18/h3-8H,9H2,1-2H3,(H2,19,20,23). The summed E-state index contributed by atoms with van der Waals surface area (Å²) in [6.45, 7) is 0.532. The molecule has 0 heterocycles. The largest absolute Gasteiger partial charge is 0.493 e. The molecule has 0 atom stereocenters. The van der Waals surface area contributed by atoms with Crippen LogP contribution in [0, 0.1) is 0 Å². The zero-order valence-corrected chi connectivity index (χ0v) is 15.0. The van der Waals surface area contributed by atoms with Crippen LogP contribution < -0.4 is 20.1 Å². The minimum Gasteiger partial charge on any atom is -0.493 e. The molecule has 2 aromatic carbocycles. The van der Waals surface area contributed by atoms with E-state index in [1.807, 2.05) is 18.2 Å². The first-order chi connectivity index (χ1) is 11.0. The molecular formula is C16H16Cl2N2O2S. The summed E-state index contributed by atoms with van der Waals surface area (Å²) in [4.78, 5) is 0. The number of halogens is 2. The van der Waals surface area contributed by atoms with Crippen molar-refractivity contribution in [2.75, 3.05) is 19.5 Å². The van der Waals surface area contributed by atoms with E-state index in [9.17, 15) is 0 Å². The average Bonchev–Trinajstić information content (AvgIpc) is 2.56. The number of ether oxygens (including phenoxy) is 2. The lowest BCUT2D eigenvalue weighted by molar-refractivity contribution is 0.354. The highest BCUT2D eigenvalue weighted by Crippen LogP contribution is 2.29. The van der Waals surface area contributed by atoms with E-state index in [1.54, 1.807) is 32.4 Å². The van der Waals surface area contributed by atoms with Gasteiger partial charge in [-0.3, -0.25) is 0 Å². The number of hydrogen-bond donors (Lipinski definition) is 2. The minimum atomic E-state index is 0.435. The van der Waals surface area contributed by atoms with Crippen LogP contribution in [0.4, 0.5) is 5.69 Å². The van der Waals surface area contributed by atoms with Gasteiger partial charge in [0.25, 0.3) is 0 Å². The van der Waals surface area contributed by atoms with Gasteiger partial charge in [-0.15, -0.1) is 0 Å². The predicted molar refractivity (Wildman–Crippen MR) is 99.1 cm³/mol. The second-order valence-electron chi connectivity index (χ2n) is 4.60. The highest BCUT2D eigenvalue weighted by molar-refractivity contribution is 7.80. The molecule has 0 bridgehead atoms. The van der Waals surface area contributed by atoms with Gasteiger partial charge in [-0.1, -0.05) is 35.3 Å². The summed E-state index contributed by atoms with van der Waals surface area (Å²) in [7, 11) is 3.20. The van der Waals surface area contributed by atoms with E-state index in [-0.39, 0.29) is 0 Å². The van der Waals surface area contributed by atoms with Gasteiger partial charge in [-0.25, -0.2) is 0 Å². The first-order valence-electron chi connectivity index (χ1n) is 6.75. The Labute approximate surface area is 150 Å². The van der Waals surface area contributed by atoms with E-state index in [0.717, 1.165) is 5.56 Å². The van der Waals surface area contributed by atoms with Crippen LogP contribution in [0.2, 0.25) is 10.0 Å². The summed E-state index contributed by atoms with van der Waals surface area (Å²) in [5.74, 6) is 1.35. The Balaban J connectivity index is 1.98. The Kier molecular flexibility index (Phi) is 6.33. The van der Waals surface area contributed by atoms with E-state index in [1.165, 1.54) is 0 Å². The maximum Gasteiger partial charge on any atom is 0.171 e. The van der Waals surface area contributed by atoms with Crippen LogP contribution in [0.3, 0.4) is 0 Å². The molecule has 0 aliphatic carbocycles. The molecule has 0 aliphatic rings. The molecule has 2 aromatic rings. The van der Waals surface area contributed by atoms with Crippen molar-refractivity contribution >= 4 is 46.2 Å². The number of nitrogens with one attached hydrogen (secondary N) is 2. The maximum absolute atomic E-state index is 6.12. The molecule has 0 aromatic heterocycles. The summed E-state index contributed by atoms with van der Waals surface area (Å²) in [6.07, 6.45) is 0. The second-order valence-corrected chi connectivity index (χ2v) is 5.79. The molecular weight excluding hydrogens is 355 g/mol. The number of anilines is 1. The fraction of sp³-hybridized carbons (Fsp3) is 0.188. The summed E-state index contributed by atoms with van der Waals surface area (Å²) in [6, 6.07) is 11.0. The van der Waals surface area contributed by atoms with Gasteiger partial charge < -0.3 is 20.1 Å². The van der Waals surface area contributed by atoms with Crippen LogP contribution in [0.1, 0.15) is 5.56 Å². The first-order valence-corrected chi connectivity index (χ1v) is 7.91. The van der Waals surface area contributed by atoms with E-state index in [0.29, 0.717) is 38.9 Å². The Hall–Kier alpha value is -1.69. The highest BCUT2D eigenvalue weighted by Gasteiger charge is 2.07. The van der Waals surface area contributed by atoms with Gasteiger partial charge in [0.05, 0.1) is 30.0 Å². The minimum absolute atomic E-state index is 0.435. The summed E-state index contributed by atoms with van der Waals surface area (Å²) < 4.78 is 10.5. The normalized spacial score (nSPS) is 10.1. The lowest BCUT2D eigenvalue weighted by atomic mass is 10.2. The molecule has 7 heteroatoms. The van der Waals surface area contributed by atoms with E-state index in [2.05, 4.69) is 10.6 Å². The average molecular weight is 371 g/mol. The molecule has 23 heavy (non-hydrogen) atoms. The molecule has 0 saturated heterocycles. The lowest BCUT2D eigenvalue weighted by Crippen LogP contribution is -2.28. The molecule has 2 N–H and O–H groups in total. The SMILES string of the molecule is COc1ccc(CNC(=S)Nc2cccc(Cl)c2Cl)cc1OC. The lowest BCUT2D eigenvalue weighted by Gasteiger charge is -2.13. The molecule has 4 nitrogen and oxygen atoms in total. The van der Waals surface area contributed by atoms with Crippen molar-refractivity contribution in [3.8, 4) is 11.5 Å². The molecule has 0 amide bonds. The topological polar surface area (TPSA) is 42.5 Å². The molecule has 0 spiro atoms. The quantitative estimate of drug-likeness (QED) is 0.758. The van der Waals surface area contributed by atoms with Crippen molar-refractivity contribution in [3.63, 3.8) is 0 Å². The molecule has 0 aliphatic heterocycles. The molecule has 0 radical (unpaired) electrons. The van der Waals surface area contributed by atoms with Crippen LogP contribution in [0.15, 0.2) is 36.4 Å². The monoisotopic (exact) mass is 370 g/mol. The first kappa shape index (κ1) is 17.7. The van der Waals surface area contributed by atoms with Crippen molar-refractivity contribution in [2.24, 2.45) is 0 Å². The third kappa shape index (κ3) is 4.64. The number of benzene rings is 2. The van der Waals surface area contributed by atoms with Crippen molar-refractivity contribution in [1.82, 2.24) is 5.32 Å². The van der Waals surface area contributed by atoms with Crippen molar-refractivity contribution in [2.45, 2.75) is 6.54 Å². The van der Waals surface area contributed by atoms with Crippen molar-refractivity contribution in [3.05, 3.63) is 52.0 Å². The van der Waals surface area contributed by atoms with Crippen molar-refractivity contribution in [1.29, 1.82) is 0 Å². The third-order valence-corrected chi connectivity index (χ3v) is 4.17. The highest BCUT2D eigenvalue weighted by atomic mass is 35.5. The number of hydrogen-bond acceptors (Lipinski definition) is 3. The van der Waals surface area contributed by atoms with Crippen LogP contribution in [0.5, 0.6) is 11.5 Å². The van der Waals surface area contributed by atoms with Crippen LogP contribution >= 0.6 is 35.4 Å². The molecule has 2 rings (SSSR count). The van der Waals surface area contributed by atoms with E-state index in [4.69, 9.17) is 44.9 Å². The van der Waals surface area contributed by atoms with Crippen molar-refractivity contribution < 1.29 is 9.47 Å². The summed E-state index contributed by atoms with van der Waals surface area (Å²) in [5, 5.41) is 7.48. The predicted octanol–water partition coefficient (Wildman–Crippen LogP) is 4.50. The smallest absolute Gasteiger partial charge is 0.171 e. The zero-order chi connectivity index (χ0) is 16.8. The van der Waals surface area contributed by atoms with Gasteiger partial charge in [0.2, 0.25) is 0 Å². The van der Waals surface area contributed by atoms with E-state index < -0.39 is 0 Å². The Morgan fingerprint density at radius 3 is 2.52 bits per heavy atom. The maximum atomic E-state index is 6.12. The van der Waals surface area contributed by atoms with Gasteiger partial charge in [0, 0.05) is 6.54 Å². The summed E-state index contributed by atoms with van der Waals surface area (Å²) >= 11 is 17.4. The van der Waals surface area contributed by atoms with Gasteiger partial charge in [0.15, 0.2) is 16.6 Å². The Morgan fingerprint density at radius 1 is 1.09 bits per heavy atom. The summed E-state index contributed by atoms with van der Waals surface area (Å²) in [5.41, 5.74) is 1.66. The third-order valence-electron chi connectivity index (χ3n) is 3.10. The molecule has 0 unspecified atom stereocenters. The Bertz CT molecular complexity index is 710.